The van der Waals surface area contributed by atoms with Crippen molar-refractivity contribution >= 4 is 17.7 Å². The maximum absolute atomic E-state index is 12.5. The van der Waals surface area contributed by atoms with Crippen molar-refractivity contribution < 1.29 is 19.1 Å². The molecule has 0 saturated carbocycles. The van der Waals surface area contributed by atoms with Gasteiger partial charge in [0.05, 0.1) is 12.8 Å². The minimum Gasteiger partial charge on any atom is -0.497 e. The van der Waals surface area contributed by atoms with Gasteiger partial charge < -0.3 is 9.47 Å². The maximum Gasteiger partial charge on any atom is 0.432 e. The molecule has 1 N–H and O–H groups in total. The highest BCUT2D eigenvalue weighted by molar-refractivity contribution is 5.96. The van der Waals surface area contributed by atoms with E-state index in [2.05, 4.69) is 5.43 Å². The topological polar surface area (TPSA) is 67.9 Å². The number of ether oxygens (including phenoxy) is 2. The van der Waals surface area contributed by atoms with Gasteiger partial charge in [-0.2, -0.15) is 0 Å². The van der Waals surface area contributed by atoms with Gasteiger partial charge in [0.1, 0.15) is 11.5 Å². The molecule has 6 heteroatoms. The smallest absolute Gasteiger partial charge is 0.432 e. The summed E-state index contributed by atoms with van der Waals surface area (Å²) in [6.45, 7) is 0. The number of amides is 2. The lowest BCUT2D eigenvalue weighted by Gasteiger charge is -2.27. The summed E-state index contributed by atoms with van der Waals surface area (Å²) >= 11 is 0. The Kier molecular flexibility index (Phi) is 5.18. The third kappa shape index (κ3) is 4.09. The quantitative estimate of drug-likeness (QED) is 0.929. The predicted octanol–water partition coefficient (Wildman–Crippen LogP) is 3.46. The van der Waals surface area contributed by atoms with Crippen molar-refractivity contribution in [1.29, 1.82) is 0 Å². The molecule has 1 aliphatic rings. The first-order valence-electron chi connectivity index (χ1n) is 8.21. The minimum atomic E-state index is -0.707. The molecule has 2 aromatic carbocycles. The normalized spacial score (nSPS) is 14.1. The molecule has 2 amide bonds. The molecule has 0 atom stereocenters. The number of para-hydroxylation sites is 1. The Hall–Kier alpha value is -3.02. The van der Waals surface area contributed by atoms with Gasteiger partial charge in [0.15, 0.2) is 0 Å². The molecule has 3 rings (SSSR count). The number of hydrogen-bond acceptors (Lipinski definition) is 4. The molecule has 1 heterocycles. The van der Waals surface area contributed by atoms with Gasteiger partial charge in [-0.3, -0.25) is 4.79 Å². The van der Waals surface area contributed by atoms with E-state index in [-0.39, 0.29) is 5.91 Å². The van der Waals surface area contributed by atoms with Gasteiger partial charge in [-0.15, -0.1) is 0 Å². The van der Waals surface area contributed by atoms with Crippen molar-refractivity contribution in [2.75, 3.05) is 12.1 Å². The van der Waals surface area contributed by atoms with Crippen LogP contribution < -0.4 is 19.9 Å². The van der Waals surface area contributed by atoms with E-state index in [9.17, 15) is 9.59 Å². The molecule has 0 aliphatic carbocycles. The molecule has 0 spiro atoms. The monoisotopic (exact) mass is 340 g/mol. The third-order valence-corrected chi connectivity index (χ3v) is 4.02. The summed E-state index contributed by atoms with van der Waals surface area (Å²) in [5.74, 6) is 0.962. The van der Waals surface area contributed by atoms with Crippen LogP contribution >= 0.6 is 0 Å². The molecule has 2 aromatic rings. The zero-order valence-electron chi connectivity index (χ0n) is 14.0. The van der Waals surface area contributed by atoms with Crippen LogP contribution in [0.15, 0.2) is 48.5 Å². The lowest BCUT2D eigenvalue weighted by molar-refractivity contribution is -0.119. The first kappa shape index (κ1) is 16.8. The summed E-state index contributed by atoms with van der Waals surface area (Å²) in [6.07, 6.45) is 2.15. The third-order valence-electron chi connectivity index (χ3n) is 4.02. The molecule has 0 saturated heterocycles. The number of carbonyl (C=O) groups is 2. The second kappa shape index (κ2) is 7.70. The Morgan fingerprint density at radius 1 is 1.04 bits per heavy atom. The molecule has 6 nitrogen and oxygen atoms in total. The van der Waals surface area contributed by atoms with Gasteiger partial charge in [-0.25, -0.2) is 15.2 Å². The number of anilines is 1. The Balaban J connectivity index is 1.83. The molecule has 0 radical (unpaired) electrons. The van der Waals surface area contributed by atoms with Gasteiger partial charge in [0, 0.05) is 6.42 Å². The number of fused-ring (bicyclic) bond motifs is 1. The Morgan fingerprint density at radius 2 is 1.80 bits per heavy atom. The number of nitrogens with zero attached hydrogens (tertiary/aromatic N) is 1. The molecule has 25 heavy (non-hydrogen) atoms. The highest BCUT2D eigenvalue weighted by Crippen LogP contribution is 2.29. The van der Waals surface area contributed by atoms with Crippen LogP contribution in [-0.2, 0) is 11.2 Å². The molecule has 0 bridgehead atoms. The van der Waals surface area contributed by atoms with Gasteiger partial charge >= 0.3 is 6.09 Å². The summed E-state index contributed by atoms with van der Waals surface area (Å²) in [7, 11) is 1.60. The van der Waals surface area contributed by atoms with Crippen molar-refractivity contribution in [2.45, 2.75) is 25.7 Å². The molecule has 0 fully saturated rings. The SMILES string of the molecule is COc1ccc2c(c1)CCCCC(=O)N2NC(=O)Oc1ccccc1. The predicted molar refractivity (Wildman–Crippen MR) is 93.6 cm³/mol. The number of carbonyl (C=O) groups excluding carboxylic acids is 2. The van der Waals surface area contributed by atoms with Crippen molar-refractivity contribution in [3.63, 3.8) is 0 Å². The highest BCUT2D eigenvalue weighted by atomic mass is 16.6. The average molecular weight is 340 g/mol. The first-order chi connectivity index (χ1) is 12.2. The summed E-state index contributed by atoms with van der Waals surface area (Å²) in [5, 5.41) is 1.28. The molecule has 0 aromatic heterocycles. The summed E-state index contributed by atoms with van der Waals surface area (Å²) < 4.78 is 10.5. The standard InChI is InChI=1S/C19H20N2O4/c1-24-16-11-12-17-14(13-16)7-5-6-10-18(22)21(17)20-19(23)25-15-8-3-2-4-9-15/h2-4,8-9,11-13H,5-7,10H2,1H3,(H,20,23). The van der Waals surface area contributed by atoms with E-state index < -0.39 is 6.09 Å². The van der Waals surface area contributed by atoms with Crippen molar-refractivity contribution in [2.24, 2.45) is 0 Å². The van der Waals surface area contributed by atoms with Gasteiger partial charge in [0.25, 0.3) is 0 Å². The number of nitrogens with one attached hydrogen (secondary N) is 1. The first-order valence-corrected chi connectivity index (χ1v) is 8.21. The minimum absolute atomic E-state index is 0.170. The van der Waals surface area contributed by atoms with E-state index in [0.29, 0.717) is 17.9 Å². The Labute approximate surface area is 146 Å². The summed E-state index contributed by atoms with van der Waals surface area (Å²) in [5.41, 5.74) is 4.16. The van der Waals surface area contributed by atoms with E-state index in [1.807, 2.05) is 12.1 Å². The van der Waals surface area contributed by atoms with E-state index in [1.54, 1.807) is 43.5 Å². The molecule has 130 valence electrons. The van der Waals surface area contributed by atoms with Crippen LogP contribution in [0.5, 0.6) is 11.5 Å². The number of hydrogen-bond donors (Lipinski definition) is 1. The number of methoxy groups -OCH3 is 1. The fourth-order valence-electron chi connectivity index (χ4n) is 2.78. The van der Waals surface area contributed by atoms with Crippen LogP contribution in [0.1, 0.15) is 24.8 Å². The number of hydrazine groups is 1. The maximum atomic E-state index is 12.5. The van der Waals surface area contributed by atoms with E-state index in [1.165, 1.54) is 5.01 Å². The lowest BCUT2D eigenvalue weighted by atomic mass is 10.0. The van der Waals surface area contributed by atoms with Gasteiger partial charge in [-0.1, -0.05) is 18.2 Å². The van der Waals surface area contributed by atoms with Crippen LogP contribution in [0.25, 0.3) is 0 Å². The van der Waals surface area contributed by atoms with E-state index in [4.69, 9.17) is 9.47 Å². The molecular weight excluding hydrogens is 320 g/mol. The zero-order chi connectivity index (χ0) is 17.6. The van der Waals surface area contributed by atoms with E-state index >= 15 is 0 Å². The second-order valence-electron chi connectivity index (χ2n) is 5.75. The fraction of sp³-hybridized carbons (Fsp3) is 0.263. The lowest BCUT2D eigenvalue weighted by Crippen LogP contribution is -2.48. The number of aryl methyl sites for hydroxylation is 1. The Bertz CT molecular complexity index is 761. The van der Waals surface area contributed by atoms with Gasteiger partial charge in [-0.05, 0) is 55.2 Å². The largest absolute Gasteiger partial charge is 0.497 e. The highest BCUT2D eigenvalue weighted by Gasteiger charge is 2.24. The van der Waals surface area contributed by atoms with Gasteiger partial charge in [0.2, 0.25) is 5.91 Å². The van der Waals surface area contributed by atoms with Crippen LogP contribution in [0.3, 0.4) is 0 Å². The fourth-order valence-corrected chi connectivity index (χ4v) is 2.78. The van der Waals surface area contributed by atoms with Crippen molar-refractivity contribution in [3.8, 4) is 11.5 Å². The van der Waals surface area contributed by atoms with E-state index in [0.717, 1.165) is 30.6 Å². The molecule has 1 aliphatic heterocycles. The summed E-state index contributed by atoms with van der Waals surface area (Å²) in [6, 6.07) is 14.2. The van der Waals surface area contributed by atoms with Crippen molar-refractivity contribution in [3.05, 3.63) is 54.1 Å². The van der Waals surface area contributed by atoms with Crippen LogP contribution in [-0.4, -0.2) is 19.1 Å². The Morgan fingerprint density at radius 3 is 2.56 bits per heavy atom. The molecular formula is C19H20N2O4. The van der Waals surface area contributed by atoms with Crippen LogP contribution in [0.4, 0.5) is 10.5 Å². The van der Waals surface area contributed by atoms with Crippen LogP contribution in [0.2, 0.25) is 0 Å². The van der Waals surface area contributed by atoms with Crippen LogP contribution in [0, 0.1) is 0 Å². The summed E-state index contributed by atoms with van der Waals surface area (Å²) in [4.78, 5) is 24.7. The second-order valence-corrected chi connectivity index (χ2v) is 5.75. The average Bonchev–Trinajstić information content (AvgIpc) is 2.63. The molecule has 0 unspecified atom stereocenters. The number of rotatable bonds is 3. The zero-order valence-corrected chi connectivity index (χ0v) is 14.0. The number of benzene rings is 2. The van der Waals surface area contributed by atoms with Crippen molar-refractivity contribution in [1.82, 2.24) is 5.43 Å².